The summed E-state index contributed by atoms with van der Waals surface area (Å²) in [6.45, 7) is 16.2. The molecule has 0 N–H and O–H groups in total. The van der Waals surface area contributed by atoms with Crippen LogP contribution in [0, 0.1) is 18.8 Å². The molecule has 0 unspecified atom stereocenters. The molecule has 3 aromatic carbocycles. The van der Waals surface area contributed by atoms with Crippen LogP contribution in [0.25, 0.3) is 44.3 Å². The van der Waals surface area contributed by atoms with Crippen molar-refractivity contribution in [2.45, 2.75) is 72.6 Å². The quantitative estimate of drug-likeness (QED) is 0.205. The number of furan rings is 1. The molecule has 6 rings (SSSR count). The molecule has 0 radical (unpaired) electrons. The summed E-state index contributed by atoms with van der Waals surface area (Å²) in [4.78, 5) is 0. The molecule has 5 aromatic rings. The van der Waals surface area contributed by atoms with E-state index in [0.29, 0.717) is 17.8 Å². The van der Waals surface area contributed by atoms with Crippen molar-refractivity contribution in [2.75, 3.05) is 0 Å². The van der Waals surface area contributed by atoms with Crippen LogP contribution in [0.1, 0.15) is 82.6 Å². The van der Waals surface area contributed by atoms with E-state index in [2.05, 4.69) is 127 Å². The molecule has 39 heavy (non-hydrogen) atoms. The van der Waals surface area contributed by atoms with Crippen molar-refractivity contribution >= 4 is 21.9 Å². The molecule has 0 atom stereocenters. The number of benzene rings is 3. The van der Waals surface area contributed by atoms with Crippen LogP contribution < -0.4 is 4.57 Å². The summed E-state index contributed by atoms with van der Waals surface area (Å²) in [5.41, 5.74) is 12.7. The Labute approximate surface area is 233 Å². The van der Waals surface area contributed by atoms with Crippen molar-refractivity contribution in [1.82, 2.24) is 0 Å². The minimum atomic E-state index is 0.0254. The Hall–Kier alpha value is -3.39. The van der Waals surface area contributed by atoms with E-state index >= 15 is 0 Å². The lowest BCUT2D eigenvalue weighted by Crippen LogP contribution is -2.31. The van der Waals surface area contributed by atoms with Gasteiger partial charge in [-0.15, -0.1) is 0 Å². The first-order chi connectivity index (χ1) is 18.6. The van der Waals surface area contributed by atoms with E-state index < -0.39 is 0 Å². The number of pyridine rings is 1. The Morgan fingerprint density at radius 3 is 2.21 bits per heavy atom. The van der Waals surface area contributed by atoms with E-state index in [-0.39, 0.29) is 5.41 Å². The van der Waals surface area contributed by atoms with Crippen molar-refractivity contribution in [2.24, 2.45) is 18.9 Å². The van der Waals surface area contributed by atoms with Gasteiger partial charge < -0.3 is 4.42 Å². The minimum Gasteiger partial charge on any atom is -0.455 e. The smallest absolute Gasteiger partial charge is 0.216 e. The van der Waals surface area contributed by atoms with Crippen molar-refractivity contribution in [1.29, 1.82) is 0 Å². The summed E-state index contributed by atoms with van der Waals surface area (Å²) < 4.78 is 9.06. The lowest BCUT2D eigenvalue weighted by molar-refractivity contribution is -0.660. The van der Waals surface area contributed by atoms with Crippen LogP contribution >= 0.6 is 0 Å². The first-order valence-corrected chi connectivity index (χ1v) is 14.7. The Bertz CT molecular complexity index is 1710. The van der Waals surface area contributed by atoms with Crippen molar-refractivity contribution < 1.29 is 8.98 Å². The first-order valence-electron chi connectivity index (χ1n) is 14.7. The van der Waals surface area contributed by atoms with Gasteiger partial charge >= 0.3 is 0 Å². The molecule has 0 bridgehead atoms. The summed E-state index contributed by atoms with van der Waals surface area (Å²) in [6.07, 6.45) is 4.49. The third kappa shape index (κ3) is 3.94. The van der Waals surface area contributed by atoms with Crippen LogP contribution in [-0.2, 0) is 12.5 Å². The average Bonchev–Trinajstić information content (AvgIpc) is 3.37. The van der Waals surface area contributed by atoms with E-state index in [4.69, 9.17) is 4.42 Å². The molecule has 0 amide bonds. The maximum atomic E-state index is 6.83. The molecular weight excluding hydrogens is 474 g/mol. The molecule has 2 heteroatoms. The Balaban J connectivity index is 1.71. The molecule has 0 saturated heterocycles. The van der Waals surface area contributed by atoms with Crippen molar-refractivity contribution in [3.05, 3.63) is 89.1 Å². The molecule has 0 aliphatic heterocycles. The molecule has 0 fully saturated rings. The summed E-state index contributed by atoms with van der Waals surface area (Å²) in [6, 6.07) is 23.0. The normalized spacial score (nSPS) is 14.2. The Morgan fingerprint density at radius 1 is 0.795 bits per heavy atom. The average molecular weight is 517 g/mol. The van der Waals surface area contributed by atoms with Gasteiger partial charge in [-0.25, -0.2) is 4.57 Å². The Kier molecular flexibility index (Phi) is 6.21. The fourth-order valence-corrected chi connectivity index (χ4v) is 7.40. The molecule has 2 heterocycles. The maximum Gasteiger partial charge on any atom is 0.216 e. The highest BCUT2D eigenvalue weighted by atomic mass is 16.3. The monoisotopic (exact) mass is 516 g/mol. The topological polar surface area (TPSA) is 17.0 Å². The summed E-state index contributed by atoms with van der Waals surface area (Å²) in [5, 5.41) is 2.49. The third-order valence-electron chi connectivity index (χ3n) is 8.85. The third-order valence-corrected chi connectivity index (χ3v) is 8.85. The number of fused-ring (bicyclic) bond motifs is 7. The first kappa shape index (κ1) is 25.9. The molecule has 1 aliphatic rings. The van der Waals surface area contributed by atoms with Gasteiger partial charge in [-0.2, -0.15) is 0 Å². The fraction of sp³-hybridized carbons (Fsp3) is 0.378. The molecule has 200 valence electrons. The van der Waals surface area contributed by atoms with Crippen LogP contribution in [0.5, 0.6) is 0 Å². The molecule has 0 spiro atoms. The van der Waals surface area contributed by atoms with Crippen LogP contribution in [0.4, 0.5) is 0 Å². The van der Waals surface area contributed by atoms with E-state index in [1.165, 1.54) is 55.4 Å². The molecule has 0 saturated carbocycles. The number of aromatic nitrogens is 1. The van der Waals surface area contributed by atoms with Gasteiger partial charge in [0.05, 0.1) is 5.56 Å². The fourth-order valence-electron chi connectivity index (χ4n) is 7.40. The van der Waals surface area contributed by atoms with E-state index in [0.717, 1.165) is 24.0 Å². The lowest BCUT2D eigenvalue weighted by Gasteiger charge is -2.35. The molecule has 1 aliphatic carbocycles. The highest BCUT2D eigenvalue weighted by Crippen LogP contribution is 2.58. The number of hydrogen-bond donors (Lipinski definition) is 0. The van der Waals surface area contributed by atoms with Crippen LogP contribution in [0.2, 0.25) is 0 Å². The van der Waals surface area contributed by atoms with Gasteiger partial charge in [-0.3, -0.25) is 0 Å². The van der Waals surface area contributed by atoms with Gasteiger partial charge in [0.15, 0.2) is 6.20 Å². The molecule has 2 aromatic heterocycles. The zero-order valence-electron chi connectivity index (χ0n) is 24.9. The van der Waals surface area contributed by atoms with E-state index in [1.54, 1.807) is 0 Å². The lowest BCUT2D eigenvalue weighted by atomic mass is 9.68. The predicted molar refractivity (Wildman–Crippen MR) is 164 cm³/mol. The second-order valence-corrected chi connectivity index (χ2v) is 13.0. The highest BCUT2D eigenvalue weighted by Gasteiger charge is 2.45. The van der Waals surface area contributed by atoms with Crippen LogP contribution in [0.15, 0.2) is 71.3 Å². The van der Waals surface area contributed by atoms with Crippen LogP contribution in [-0.4, -0.2) is 0 Å². The van der Waals surface area contributed by atoms with Gasteiger partial charge in [0.2, 0.25) is 5.69 Å². The zero-order valence-corrected chi connectivity index (χ0v) is 24.9. The van der Waals surface area contributed by atoms with Crippen molar-refractivity contribution in [3.8, 4) is 22.4 Å². The highest BCUT2D eigenvalue weighted by molar-refractivity contribution is 6.17. The van der Waals surface area contributed by atoms with Gasteiger partial charge in [0, 0.05) is 28.3 Å². The predicted octanol–water partition coefficient (Wildman–Crippen LogP) is 9.87. The van der Waals surface area contributed by atoms with Crippen molar-refractivity contribution in [3.63, 3.8) is 0 Å². The van der Waals surface area contributed by atoms with Gasteiger partial charge in [-0.05, 0) is 77.0 Å². The summed E-state index contributed by atoms with van der Waals surface area (Å²) in [7, 11) is 2.14. The van der Waals surface area contributed by atoms with Gasteiger partial charge in [0.25, 0.3) is 0 Å². The summed E-state index contributed by atoms with van der Waals surface area (Å²) in [5.74, 6) is 1.67. The van der Waals surface area contributed by atoms with E-state index in [9.17, 15) is 0 Å². The Morgan fingerprint density at radius 2 is 1.51 bits per heavy atom. The molecular formula is C37H42NO+. The second kappa shape index (κ2) is 9.37. The standard InChI is InChI=1S/C37H42NO/c1-22(2)20-37(21-23(3)4)29-12-10-9-11-27(29)34-30(37)15-16-32-35(34)28-14-13-25(7)33(36(28)39-32)31-19-26(24(5)6)17-18-38(31)8/h9-19,22-24H,20-21H2,1-8H3/q+1. The maximum absolute atomic E-state index is 6.83. The molecule has 2 nitrogen and oxygen atoms in total. The zero-order chi connectivity index (χ0) is 27.6. The second-order valence-electron chi connectivity index (χ2n) is 13.0. The minimum absolute atomic E-state index is 0.0254. The van der Waals surface area contributed by atoms with Gasteiger partial charge in [0.1, 0.15) is 18.2 Å². The SMILES string of the molecule is Cc1ccc2c(oc3ccc4c(c32)-c2ccccc2C4(CC(C)C)CC(C)C)c1-c1cc(C(C)C)cc[n+]1C. The number of rotatable bonds is 6. The van der Waals surface area contributed by atoms with Crippen LogP contribution in [0.3, 0.4) is 0 Å². The van der Waals surface area contributed by atoms with E-state index in [1.807, 2.05) is 0 Å². The largest absolute Gasteiger partial charge is 0.455 e. The van der Waals surface area contributed by atoms with Gasteiger partial charge in [-0.1, -0.05) is 84.0 Å². The number of nitrogens with zero attached hydrogens (tertiary/aromatic N) is 1. The number of hydrogen-bond acceptors (Lipinski definition) is 1. The summed E-state index contributed by atoms with van der Waals surface area (Å²) >= 11 is 0. The number of aryl methyl sites for hydroxylation is 2.